The van der Waals surface area contributed by atoms with Crippen LogP contribution in [0.5, 0.6) is 5.75 Å². The number of ether oxygens (including phenoxy) is 2. The summed E-state index contributed by atoms with van der Waals surface area (Å²) in [6.45, 7) is 3.28. The Morgan fingerprint density at radius 3 is 2.37 bits per heavy atom. The van der Waals surface area contributed by atoms with E-state index in [1.807, 2.05) is 64.4 Å². The predicted molar refractivity (Wildman–Crippen MR) is 114 cm³/mol. The van der Waals surface area contributed by atoms with Crippen LogP contribution >= 0.6 is 0 Å². The molecule has 0 aromatic heterocycles. The van der Waals surface area contributed by atoms with Crippen LogP contribution in [0.15, 0.2) is 54.6 Å². The van der Waals surface area contributed by atoms with E-state index in [0.717, 1.165) is 29.7 Å². The van der Waals surface area contributed by atoms with Gasteiger partial charge < -0.3 is 19.3 Å². The molecule has 4 rings (SSSR count). The van der Waals surface area contributed by atoms with E-state index >= 15 is 0 Å². The molecule has 0 aliphatic carbocycles. The van der Waals surface area contributed by atoms with Crippen molar-refractivity contribution in [3.63, 3.8) is 0 Å². The number of rotatable bonds is 6. The number of piperazine rings is 1. The van der Waals surface area contributed by atoms with Crippen LogP contribution in [0.25, 0.3) is 11.1 Å². The second-order valence-electron chi connectivity index (χ2n) is 7.67. The molecule has 0 N–H and O–H groups in total. The molecular formula is C24H28N2O4. The second kappa shape index (κ2) is 9.76. The van der Waals surface area contributed by atoms with Crippen molar-refractivity contribution in [1.82, 2.24) is 9.80 Å². The average Bonchev–Trinajstić information content (AvgIpc) is 3.34. The van der Waals surface area contributed by atoms with E-state index in [1.54, 1.807) is 0 Å². The summed E-state index contributed by atoms with van der Waals surface area (Å²) in [5, 5.41) is 0. The quantitative estimate of drug-likeness (QED) is 0.737. The third-order valence-corrected chi connectivity index (χ3v) is 5.69. The van der Waals surface area contributed by atoms with Gasteiger partial charge in [-0.3, -0.25) is 9.59 Å². The summed E-state index contributed by atoms with van der Waals surface area (Å²) < 4.78 is 11.4. The Balaban J connectivity index is 1.25. The van der Waals surface area contributed by atoms with E-state index in [1.165, 1.54) is 0 Å². The van der Waals surface area contributed by atoms with Crippen molar-refractivity contribution < 1.29 is 19.1 Å². The van der Waals surface area contributed by atoms with Gasteiger partial charge in [0.2, 0.25) is 5.91 Å². The summed E-state index contributed by atoms with van der Waals surface area (Å²) in [6, 6.07) is 18.0. The first kappa shape index (κ1) is 20.4. The number of carbonyl (C=O) groups is 2. The fourth-order valence-electron chi connectivity index (χ4n) is 4.01. The molecule has 0 radical (unpaired) electrons. The molecule has 1 unspecified atom stereocenters. The van der Waals surface area contributed by atoms with Crippen molar-refractivity contribution in [2.75, 3.05) is 39.4 Å². The monoisotopic (exact) mass is 408 g/mol. The molecule has 2 amide bonds. The number of para-hydroxylation sites is 1. The van der Waals surface area contributed by atoms with Crippen LogP contribution in [0.4, 0.5) is 0 Å². The lowest BCUT2D eigenvalue weighted by molar-refractivity contribution is -0.146. The van der Waals surface area contributed by atoms with Crippen LogP contribution in [0.2, 0.25) is 0 Å². The molecule has 2 aliphatic rings. The molecule has 2 fully saturated rings. The van der Waals surface area contributed by atoms with E-state index < -0.39 is 0 Å². The zero-order valence-electron chi connectivity index (χ0n) is 17.2. The Morgan fingerprint density at radius 1 is 0.933 bits per heavy atom. The molecule has 2 aromatic rings. The number of nitrogens with zero attached hydrogens (tertiary/aromatic N) is 2. The third-order valence-electron chi connectivity index (χ3n) is 5.69. The highest BCUT2D eigenvalue weighted by atomic mass is 16.5. The van der Waals surface area contributed by atoms with E-state index in [9.17, 15) is 9.59 Å². The van der Waals surface area contributed by atoms with Crippen LogP contribution in [-0.2, 0) is 14.3 Å². The molecule has 6 nitrogen and oxygen atoms in total. The van der Waals surface area contributed by atoms with Crippen molar-refractivity contribution in [1.29, 1.82) is 0 Å². The Labute approximate surface area is 177 Å². The van der Waals surface area contributed by atoms with Crippen molar-refractivity contribution in [3.8, 4) is 16.9 Å². The third kappa shape index (κ3) is 4.82. The molecule has 0 bridgehead atoms. The van der Waals surface area contributed by atoms with Gasteiger partial charge >= 0.3 is 0 Å². The van der Waals surface area contributed by atoms with E-state index in [4.69, 9.17) is 9.47 Å². The maximum absolute atomic E-state index is 12.6. The Kier molecular flexibility index (Phi) is 6.64. The van der Waals surface area contributed by atoms with Gasteiger partial charge in [0.25, 0.3) is 5.91 Å². The van der Waals surface area contributed by atoms with E-state index in [2.05, 4.69) is 0 Å². The summed E-state index contributed by atoms with van der Waals surface area (Å²) in [7, 11) is 0. The van der Waals surface area contributed by atoms with Gasteiger partial charge in [0.05, 0.1) is 13.0 Å². The first-order valence-electron chi connectivity index (χ1n) is 10.7. The maximum atomic E-state index is 12.6. The van der Waals surface area contributed by atoms with Crippen LogP contribution in [0.1, 0.15) is 19.3 Å². The lowest BCUT2D eigenvalue weighted by atomic mass is 10.1. The van der Waals surface area contributed by atoms with E-state index in [0.29, 0.717) is 45.8 Å². The van der Waals surface area contributed by atoms with Crippen molar-refractivity contribution >= 4 is 11.8 Å². The Bertz CT molecular complexity index is 857. The van der Waals surface area contributed by atoms with Gasteiger partial charge in [-0.05, 0) is 24.5 Å². The smallest absolute Gasteiger partial charge is 0.251 e. The average molecular weight is 408 g/mol. The lowest BCUT2D eigenvalue weighted by Crippen LogP contribution is -2.53. The van der Waals surface area contributed by atoms with Crippen LogP contribution in [0.3, 0.4) is 0 Å². The molecule has 0 saturated carbocycles. The van der Waals surface area contributed by atoms with Gasteiger partial charge in [0.15, 0.2) is 0 Å². The largest absolute Gasteiger partial charge is 0.492 e. The first-order chi connectivity index (χ1) is 14.7. The molecule has 158 valence electrons. The summed E-state index contributed by atoms with van der Waals surface area (Å²) in [6.07, 6.45) is 1.79. The van der Waals surface area contributed by atoms with Gasteiger partial charge in [-0.15, -0.1) is 0 Å². The highest BCUT2D eigenvalue weighted by Gasteiger charge is 2.31. The van der Waals surface area contributed by atoms with Crippen LogP contribution in [0, 0.1) is 0 Å². The molecule has 6 heteroatoms. The highest BCUT2D eigenvalue weighted by Crippen LogP contribution is 2.29. The predicted octanol–water partition coefficient (Wildman–Crippen LogP) is 2.97. The molecule has 2 aromatic carbocycles. The Hall–Kier alpha value is -2.86. The Morgan fingerprint density at radius 2 is 1.63 bits per heavy atom. The zero-order chi connectivity index (χ0) is 20.8. The fraction of sp³-hybridized carbons (Fsp3) is 0.417. The number of amides is 2. The van der Waals surface area contributed by atoms with Crippen molar-refractivity contribution in [2.24, 2.45) is 0 Å². The number of hydrogen-bond acceptors (Lipinski definition) is 4. The summed E-state index contributed by atoms with van der Waals surface area (Å²) in [5.74, 6) is 0.917. The summed E-state index contributed by atoms with van der Waals surface area (Å²) in [4.78, 5) is 28.7. The minimum Gasteiger partial charge on any atom is -0.492 e. The molecule has 2 heterocycles. The van der Waals surface area contributed by atoms with Gasteiger partial charge in [-0.25, -0.2) is 0 Å². The standard InChI is InChI=1S/C24H28N2O4/c27-23(25-13-15-26(16-14-25)24(28)22-11-6-17-29-22)12-18-30-21-10-5-4-9-20(21)19-7-2-1-3-8-19/h1-5,7-10,22H,6,11-18H2. The SMILES string of the molecule is O=C(CCOc1ccccc1-c1ccccc1)N1CCN(C(=O)C2CCCO2)CC1. The lowest BCUT2D eigenvalue weighted by Gasteiger charge is -2.35. The summed E-state index contributed by atoms with van der Waals surface area (Å²) in [5.41, 5.74) is 2.11. The number of hydrogen-bond donors (Lipinski definition) is 0. The minimum atomic E-state index is -0.287. The first-order valence-corrected chi connectivity index (χ1v) is 10.7. The van der Waals surface area contributed by atoms with Gasteiger partial charge in [-0.1, -0.05) is 48.5 Å². The van der Waals surface area contributed by atoms with Crippen LogP contribution < -0.4 is 4.74 Å². The van der Waals surface area contributed by atoms with E-state index in [-0.39, 0.29) is 17.9 Å². The summed E-state index contributed by atoms with van der Waals surface area (Å²) >= 11 is 0. The van der Waals surface area contributed by atoms with Crippen molar-refractivity contribution in [2.45, 2.75) is 25.4 Å². The molecule has 0 spiro atoms. The minimum absolute atomic E-state index is 0.0661. The molecule has 30 heavy (non-hydrogen) atoms. The topological polar surface area (TPSA) is 59.1 Å². The molecule has 2 saturated heterocycles. The number of benzene rings is 2. The molecule has 2 aliphatic heterocycles. The fourth-order valence-corrected chi connectivity index (χ4v) is 4.01. The maximum Gasteiger partial charge on any atom is 0.251 e. The molecule has 1 atom stereocenters. The van der Waals surface area contributed by atoms with Gasteiger partial charge in [0.1, 0.15) is 11.9 Å². The number of carbonyl (C=O) groups excluding carboxylic acids is 2. The normalized spacial score (nSPS) is 19.0. The van der Waals surface area contributed by atoms with Crippen LogP contribution in [-0.4, -0.2) is 67.1 Å². The second-order valence-corrected chi connectivity index (χ2v) is 7.67. The van der Waals surface area contributed by atoms with Gasteiger partial charge in [0, 0.05) is 38.3 Å². The molecular weight excluding hydrogens is 380 g/mol. The zero-order valence-corrected chi connectivity index (χ0v) is 17.2. The highest BCUT2D eigenvalue weighted by molar-refractivity contribution is 5.82. The van der Waals surface area contributed by atoms with Gasteiger partial charge in [-0.2, -0.15) is 0 Å². The van der Waals surface area contributed by atoms with Crippen molar-refractivity contribution in [3.05, 3.63) is 54.6 Å².